The van der Waals surface area contributed by atoms with Gasteiger partial charge in [-0.15, -0.1) is 0 Å². The lowest BCUT2D eigenvalue weighted by Crippen LogP contribution is -2.18. The van der Waals surface area contributed by atoms with Crippen LogP contribution in [0.4, 0.5) is 17.6 Å². The summed E-state index contributed by atoms with van der Waals surface area (Å²) in [6.45, 7) is 0. The van der Waals surface area contributed by atoms with Gasteiger partial charge in [0, 0.05) is 30.2 Å². The number of aliphatic hydroxyl groups is 1. The number of Topliss-reactive ketones (excluding diaryl/α,β-unsaturated/α-hetero) is 1. The van der Waals surface area contributed by atoms with Crippen LogP contribution in [0.1, 0.15) is 56.1 Å². The van der Waals surface area contributed by atoms with Crippen LogP contribution in [0.2, 0.25) is 0 Å². The first-order valence-electron chi connectivity index (χ1n) is 9.57. The number of unbranched alkanes of at least 4 members (excludes halogenated alkanes) is 3. The SMILES string of the molecule is O=C(O)CCCCCCC1C(=O)CC(O)C1C=Cc1c(F)cccc1C(F)(F)F. The van der Waals surface area contributed by atoms with Crippen molar-refractivity contribution in [3.63, 3.8) is 0 Å². The molecule has 0 saturated heterocycles. The number of ketones is 1. The van der Waals surface area contributed by atoms with E-state index < -0.39 is 47.0 Å². The molecule has 29 heavy (non-hydrogen) atoms. The minimum atomic E-state index is -4.72. The molecule has 1 saturated carbocycles. The Morgan fingerprint density at radius 3 is 2.52 bits per heavy atom. The molecule has 0 radical (unpaired) electrons. The number of rotatable bonds is 9. The monoisotopic (exact) mass is 416 g/mol. The quantitative estimate of drug-likeness (QED) is 0.446. The van der Waals surface area contributed by atoms with Crippen molar-refractivity contribution in [3.8, 4) is 0 Å². The van der Waals surface area contributed by atoms with Crippen molar-refractivity contribution in [2.24, 2.45) is 11.8 Å². The second-order valence-corrected chi connectivity index (χ2v) is 7.33. The maximum atomic E-state index is 14.0. The molecule has 0 amide bonds. The van der Waals surface area contributed by atoms with Gasteiger partial charge in [0.2, 0.25) is 0 Å². The third-order valence-corrected chi connectivity index (χ3v) is 5.23. The van der Waals surface area contributed by atoms with E-state index >= 15 is 0 Å². The summed E-state index contributed by atoms with van der Waals surface area (Å²) in [5.41, 5.74) is -1.72. The fourth-order valence-corrected chi connectivity index (χ4v) is 3.75. The first-order chi connectivity index (χ1) is 13.6. The van der Waals surface area contributed by atoms with Gasteiger partial charge in [0.25, 0.3) is 0 Å². The Labute approximate surface area is 166 Å². The molecular formula is C21H24F4O4. The van der Waals surface area contributed by atoms with E-state index in [0.717, 1.165) is 30.7 Å². The van der Waals surface area contributed by atoms with Crippen LogP contribution in [0.5, 0.6) is 0 Å². The van der Waals surface area contributed by atoms with Crippen molar-refractivity contribution in [1.82, 2.24) is 0 Å². The molecule has 1 aromatic rings. The van der Waals surface area contributed by atoms with Gasteiger partial charge in [-0.3, -0.25) is 9.59 Å². The summed E-state index contributed by atoms with van der Waals surface area (Å²) >= 11 is 0. The van der Waals surface area contributed by atoms with Crippen molar-refractivity contribution in [2.75, 3.05) is 0 Å². The van der Waals surface area contributed by atoms with Crippen molar-refractivity contribution in [2.45, 2.75) is 57.2 Å². The minimum Gasteiger partial charge on any atom is -0.481 e. The molecular weight excluding hydrogens is 392 g/mol. The van der Waals surface area contributed by atoms with E-state index in [-0.39, 0.29) is 18.6 Å². The summed E-state index contributed by atoms with van der Waals surface area (Å²) in [5.74, 6) is -3.27. The molecule has 0 heterocycles. The molecule has 3 unspecified atom stereocenters. The molecule has 1 aliphatic rings. The molecule has 1 aromatic carbocycles. The molecule has 160 valence electrons. The summed E-state index contributed by atoms with van der Waals surface area (Å²) in [7, 11) is 0. The molecule has 0 aromatic heterocycles. The zero-order chi connectivity index (χ0) is 21.6. The van der Waals surface area contributed by atoms with Crippen molar-refractivity contribution >= 4 is 17.8 Å². The topological polar surface area (TPSA) is 74.6 Å². The number of aliphatic carboxylic acids is 1. The van der Waals surface area contributed by atoms with Crippen molar-refractivity contribution in [3.05, 3.63) is 41.2 Å². The van der Waals surface area contributed by atoms with Gasteiger partial charge in [0.15, 0.2) is 0 Å². The molecule has 0 bridgehead atoms. The summed E-state index contributed by atoms with van der Waals surface area (Å²) in [5, 5.41) is 18.8. The molecule has 2 rings (SSSR count). The van der Waals surface area contributed by atoms with E-state index in [2.05, 4.69) is 0 Å². The van der Waals surface area contributed by atoms with Gasteiger partial charge in [0.05, 0.1) is 11.7 Å². The van der Waals surface area contributed by atoms with Gasteiger partial charge < -0.3 is 10.2 Å². The number of carboxylic acid groups (broad SMARTS) is 1. The lowest BCUT2D eigenvalue weighted by Gasteiger charge is -2.18. The van der Waals surface area contributed by atoms with E-state index in [1.165, 1.54) is 6.08 Å². The largest absolute Gasteiger partial charge is 0.481 e. The van der Waals surface area contributed by atoms with Crippen LogP contribution in [-0.2, 0) is 15.8 Å². The molecule has 2 N–H and O–H groups in total. The van der Waals surface area contributed by atoms with E-state index in [4.69, 9.17) is 5.11 Å². The van der Waals surface area contributed by atoms with Crippen LogP contribution in [-0.4, -0.2) is 28.1 Å². The number of carbonyl (C=O) groups excluding carboxylic acids is 1. The minimum absolute atomic E-state index is 0.0800. The van der Waals surface area contributed by atoms with Crippen LogP contribution in [0.3, 0.4) is 0 Å². The summed E-state index contributed by atoms with van der Waals surface area (Å²) in [6, 6.07) is 2.70. The van der Waals surface area contributed by atoms with Crippen LogP contribution in [0.15, 0.2) is 24.3 Å². The summed E-state index contributed by atoms with van der Waals surface area (Å²) in [4.78, 5) is 22.7. The molecule has 0 spiro atoms. The van der Waals surface area contributed by atoms with Gasteiger partial charge >= 0.3 is 12.1 Å². The van der Waals surface area contributed by atoms with E-state index in [1.807, 2.05) is 0 Å². The van der Waals surface area contributed by atoms with Crippen LogP contribution >= 0.6 is 0 Å². The number of alkyl halides is 3. The second-order valence-electron chi connectivity index (χ2n) is 7.33. The molecule has 4 nitrogen and oxygen atoms in total. The highest BCUT2D eigenvalue weighted by atomic mass is 19.4. The molecule has 1 fully saturated rings. The predicted octanol–water partition coefficient (Wildman–Crippen LogP) is 4.85. The highest BCUT2D eigenvalue weighted by Crippen LogP contribution is 2.37. The number of hydrogen-bond acceptors (Lipinski definition) is 3. The number of aliphatic hydroxyl groups excluding tert-OH is 1. The Morgan fingerprint density at radius 1 is 1.17 bits per heavy atom. The number of hydrogen-bond donors (Lipinski definition) is 2. The Morgan fingerprint density at radius 2 is 1.86 bits per heavy atom. The molecule has 1 aliphatic carbocycles. The average Bonchev–Trinajstić information content (AvgIpc) is 2.88. The predicted molar refractivity (Wildman–Crippen MR) is 98.4 cm³/mol. The van der Waals surface area contributed by atoms with Gasteiger partial charge in [0.1, 0.15) is 11.6 Å². The van der Waals surface area contributed by atoms with Crippen LogP contribution < -0.4 is 0 Å². The maximum Gasteiger partial charge on any atom is 0.417 e. The normalized spacial score (nSPS) is 22.5. The van der Waals surface area contributed by atoms with Gasteiger partial charge in [-0.05, 0) is 25.0 Å². The Hall–Kier alpha value is -2.22. The Kier molecular flexibility index (Phi) is 7.96. The summed E-state index contributed by atoms with van der Waals surface area (Å²) < 4.78 is 53.3. The maximum absolute atomic E-state index is 14.0. The number of halogens is 4. The molecule has 3 atom stereocenters. The number of carbonyl (C=O) groups is 2. The Balaban J connectivity index is 2.06. The first-order valence-corrected chi connectivity index (χ1v) is 9.57. The third kappa shape index (κ3) is 6.39. The highest BCUT2D eigenvalue weighted by molar-refractivity contribution is 5.85. The number of benzene rings is 1. The summed E-state index contributed by atoms with van der Waals surface area (Å²) in [6.07, 6.45) is -0.398. The van der Waals surface area contributed by atoms with Crippen molar-refractivity contribution < 1.29 is 37.4 Å². The molecule has 8 heteroatoms. The number of carboxylic acids is 1. The van der Waals surface area contributed by atoms with Crippen LogP contribution in [0.25, 0.3) is 6.08 Å². The fourth-order valence-electron chi connectivity index (χ4n) is 3.75. The zero-order valence-corrected chi connectivity index (χ0v) is 15.8. The van der Waals surface area contributed by atoms with Crippen molar-refractivity contribution in [1.29, 1.82) is 0 Å². The zero-order valence-electron chi connectivity index (χ0n) is 15.8. The highest BCUT2D eigenvalue weighted by Gasteiger charge is 2.40. The second kappa shape index (κ2) is 10.0. The standard InChI is InChI=1S/C21H24F4O4/c22-17-8-5-7-16(21(23,24)25)15(17)11-10-14-13(18(26)12-19(14)27)6-3-1-2-4-9-20(28)29/h5,7-8,10-11,13-14,19,27H,1-4,6,9,12H2,(H,28,29). The van der Waals surface area contributed by atoms with Crippen LogP contribution in [0, 0.1) is 17.7 Å². The lowest BCUT2D eigenvalue weighted by atomic mass is 9.88. The fraction of sp³-hybridized carbons (Fsp3) is 0.524. The van der Waals surface area contributed by atoms with Gasteiger partial charge in [-0.2, -0.15) is 13.2 Å². The first kappa shape index (κ1) is 23.1. The smallest absolute Gasteiger partial charge is 0.417 e. The third-order valence-electron chi connectivity index (χ3n) is 5.23. The molecule has 0 aliphatic heterocycles. The van der Waals surface area contributed by atoms with E-state index in [0.29, 0.717) is 25.7 Å². The lowest BCUT2D eigenvalue weighted by molar-refractivity contribution is -0.138. The van der Waals surface area contributed by atoms with Gasteiger partial charge in [-0.1, -0.05) is 37.5 Å². The van der Waals surface area contributed by atoms with E-state index in [1.54, 1.807) is 0 Å². The van der Waals surface area contributed by atoms with E-state index in [9.17, 15) is 32.3 Å². The Bertz CT molecular complexity index is 758. The average molecular weight is 416 g/mol. The van der Waals surface area contributed by atoms with Gasteiger partial charge in [-0.25, -0.2) is 4.39 Å².